The topological polar surface area (TPSA) is 96.8 Å². The zero-order valence-electron chi connectivity index (χ0n) is 17.9. The van der Waals surface area contributed by atoms with Crippen molar-refractivity contribution < 1.29 is 22.4 Å². The molecule has 1 aliphatic carbocycles. The number of likely N-dealkylation sites (tertiary alicyclic amines) is 1. The zero-order chi connectivity index (χ0) is 24.0. The van der Waals surface area contributed by atoms with Crippen LogP contribution >= 0.6 is 0 Å². The zero-order valence-corrected chi connectivity index (χ0v) is 17.9. The van der Waals surface area contributed by atoms with E-state index in [0.717, 1.165) is 31.4 Å². The molecule has 1 saturated carbocycles. The van der Waals surface area contributed by atoms with Crippen molar-refractivity contribution in [1.29, 1.82) is 0 Å². The van der Waals surface area contributed by atoms with Crippen molar-refractivity contribution in [3.8, 4) is 11.5 Å². The average molecular weight is 473 g/mol. The summed E-state index contributed by atoms with van der Waals surface area (Å²) in [7, 11) is 0. The third-order valence-electron chi connectivity index (χ3n) is 6.12. The van der Waals surface area contributed by atoms with Gasteiger partial charge in [-0.25, -0.2) is 29.3 Å². The third-order valence-corrected chi connectivity index (χ3v) is 6.12. The Hall–Kier alpha value is -3.70. The lowest BCUT2D eigenvalue weighted by Gasteiger charge is -2.34. The molecule has 5 rings (SSSR count). The molecule has 1 aliphatic heterocycles. The van der Waals surface area contributed by atoms with Crippen molar-refractivity contribution >= 4 is 11.7 Å². The SMILES string of the molecule is Cc1ccc(C(=O)N2C[C@@H]3C[C@@H](Nc4cnc(C(F)(F)F)cn4)[C@@H]2C3)c(-c2ncc(F)cn2)n1. The Labute approximate surface area is 191 Å². The first kappa shape index (κ1) is 22.1. The highest BCUT2D eigenvalue weighted by Gasteiger charge is 2.47. The van der Waals surface area contributed by atoms with Crippen LogP contribution in [0.1, 0.15) is 34.6 Å². The normalized spacial score (nSPS) is 21.7. The number of fused-ring (bicyclic) bond motifs is 2. The Morgan fingerprint density at radius 2 is 1.82 bits per heavy atom. The molecule has 3 aromatic rings. The molecule has 0 radical (unpaired) electrons. The van der Waals surface area contributed by atoms with E-state index >= 15 is 0 Å². The molecule has 0 spiro atoms. The maximum Gasteiger partial charge on any atom is 0.434 e. The number of hydrogen-bond acceptors (Lipinski definition) is 7. The fourth-order valence-corrected chi connectivity index (χ4v) is 4.64. The van der Waals surface area contributed by atoms with Crippen LogP contribution in [0.15, 0.2) is 36.9 Å². The fourth-order valence-electron chi connectivity index (χ4n) is 4.64. The summed E-state index contributed by atoms with van der Waals surface area (Å²) in [5.41, 5.74) is 0.164. The van der Waals surface area contributed by atoms with Crippen LogP contribution in [-0.2, 0) is 6.18 Å². The molecule has 0 aromatic carbocycles. The number of halogens is 4. The highest BCUT2D eigenvalue weighted by Crippen LogP contribution is 2.40. The van der Waals surface area contributed by atoms with Gasteiger partial charge in [0.1, 0.15) is 11.5 Å². The molecular formula is C22H19F4N7O. The summed E-state index contributed by atoms with van der Waals surface area (Å²) >= 11 is 0. The number of carbonyl (C=O) groups excluding carboxylic acids is 1. The van der Waals surface area contributed by atoms with Gasteiger partial charge in [-0.3, -0.25) is 4.79 Å². The van der Waals surface area contributed by atoms with E-state index in [9.17, 15) is 22.4 Å². The molecule has 176 valence electrons. The fraction of sp³-hybridized carbons (Fsp3) is 0.364. The quantitative estimate of drug-likeness (QED) is 0.580. The number of anilines is 1. The first-order valence-electron chi connectivity index (χ1n) is 10.6. The monoisotopic (exact) mass is 473 g/mol. The number of alkyl halides is 3. The molecule has 0 unspecified atom stereocenters. The van der Waals surface area contributed by atoms with Crippen molar-refractivity contribution in [2.45, 2.75) is 38.0 Å². The largest absolute Gasteiger partial charge is 0.434 e. The Kier molecular flexibility index (Phi) is 5.37. The van der Waals surface area contributed by atoms with E-state index in [4.69, 9.17) is 0 Å². The van der Waals surface area contributed by atoms with Gasteiger partial charge in [0, 0.05) is 18.3 Å². The molecule has 2 fully saturated rings. The summed E-state index contributed by atoms with van der Waals surface area (Å²) in [4.78, 5) is 34.9. The van der Waals surface area contributed by atoms with Crippen LogP contribution in [0.25, 0.3) is 11.5 Å². The van der Waals surface area contributed by atoms with Crippen LogP contribution in [0, 0.1) is 18.7 Å². The van der Waals surface area contributed by atoms with Gasteiger partial charge in [0.2, 0.25) is 0 Å². The van der Waals surface area contributed by atoms with E-state index in [1.807, 2.05) is 0 Å². The summed E-state index contributed by atoms with van der Waals surface area (Å²) in [5, 5.41) is 3.13. The average Bonchev–Trinajstić information content (AvgIpc) is 3.39. The minimum atomic E-state index is -4.56. The van der Waals surface area contributed by atoms with Crippen LogP contribution in [0.2, 0.25) is 0 Å². The van der Waals surface area contributed by atoms with Gasteiger partial charge >= 0.3 is 6.18 Å². The Bertz CT molecular complexity index is 1220. The van der Waals surface area contributed by atoms with Gasteiger partial charge in [-0.1, -0.05) is 0 Å². The minimum absolute atomic E-state index is 0.146. The predicted molar refractivity (Wildman–Crippen MR) is 112 cm³/mol. The van der Waals surface area contributed by atoms with Crippen LogP contribution in [0.3, 0.4) is 0 Å². The number of rotatable bonds is 4. The third kappa shape index (κ3) is 4.15. The van der Waals surface area contributed by atoms with Gasteiger partial charge in [-0.05, 0) is 37.8 Å². The second kappa shape index (κ2) is 8.26. The number of aryl methyl sites for hydroxylation is 1. The van der Waals surface area contributed by atoms with E-state index in [1.54, 1.807) is 24.0 Å². The van der Waals surface area contributed by atoms with Crippen LogP contribution in [0.4, 0.5) is 23.4 Å². The lowest BCUT2D eigenvalue weighted by Crippen LogP contribution is -2.48. The molecule has 8 nitrogen and oxygen atoms in total. The van der Waals surface area contributed by atoms with E-state index in [1.165, 1.54) is 0 Å². The first-order valence-corrected chi connectivity index (χ1v) is 10.6. The number of nitrogens with zero attached hydrogens (tertiary/aromatic N) is 6. The Morgan fingerprint density at radius 3 is 2.47 bits per heavy atom. The second-order valence-electron chi connectivity index (χ2n) is 8.47. The Balaban J connectivity index is 1.37. The molecule has 1 amide bonds. The molecule has 2 bridgehead atoms. The first-order chi connectivity index (χ1) is 16.2. The van der Waals surface area contributed by atoms with Crippen LogP contribution in [0.5, 0.6) is 0 Å². The molecule has 34 heavy (non-hydrogen) atoms. The lowest BCUT2D eigenvalue weighted by molar-refractivity contribution is -0.141. The van der Waals surface area contributed by atoms with Crippen molar-refractivity contribution in [2.75, 3.05) is 11.9 Å². The molecule has 3 aromatic heterocycles. The molecule has 4 heterocycles. The van der Waals surface area contributed by atoms with Crippen LogP contribution in [-0.4, -0.2) is 54.4 Å². The summed E-state index contributed by atoms with van der Waals surface area (Å²) in [5.74, 6) is -0.241. The molecular weight excluding hydrogens is 454 g/mol. The van der Waals surface area contributed by atoms with Gasteiger partial charge in [-0.15, -0.1) is 0 Å². The second-order valence-corrected chi connectivity index (χ2v) is 8.47. The summed E-state index contributed by atoms with van der Waals surface area (Å²) < 4.78 is 51.5. The minimum Gasteiger partial charge on any atom is -0.364 e. The van der Waals surface area contributed by atoms with Gasteiger partial charge in [0.25, 0.3) is 5.91 Å². The maximum atomic E-state index is 13.5. The van der Waals surface area contributed by atoms with Gasteiger partial charge in [0.05, 0.1) is 36.4 Å². The summed E-state index contributed by atoms with van der Waals surface area (Å²) in [6.07, 6.45) is 0.735. The van der Waals surface area contributed by atoms with Crippen molar-refractivity contribution in [1.82, 2.24) is 29.8 Å². The van der Waals surface area contributed by atoms with E-state index in [0.29, 0.717) is 24.0 Å². The van der Waals surface area contributed by atoms with Gasteiger partial charge < -0.3 is 10.2 Å². The standard InChI is InChI=1S/C22H19F4N7O/c1-11-2-3-14(19(31-11)20-29-6-13(23)7-30-20)21(34)33-10-12-4-15(16(33)5-12)32-18-9-27-17(8-28-18)22(24,25)26/h2-3,6-9,12,15-16H,4-5,10H2,1H3,(H,28,32)/t12-,15-,16+/m1/s1. The highest BCUT2D eigenvalue weighted by atomic mass is 19.4. The number of pyridine rings is 1. The number of nitrogens with one attached hydrogen (secondary N) is 1. The van der Waals surface area contributed by atoms with E-state index < -0.39 is 17.7 Å². The van der Waals surface area contributed by atoms with Crippen LogP contribution < -0.4 is 5.32 Å². The van der Waals surface area contributed by atoms with E-state index in [2.05, 4.69) is 30.2 Å². The lowest BCUT2D eigenvalue weighted by atomic mass is 10.0. The number of amides is 1. The van der Waals surface area contributed by atoms with Crippen molar-refractivity contribution in [2.24, 2.45) is 5.92 Å². The molecule has 2 aliphatic rings. The van der Waals surface area contributed by atoms with Crippen molar-refractivity contribution in [3.05, 3.63) is 59.7 Å². The van der Waals surface area contributed by atoms with E-state index in [-0.39, 0.29) is 41.2 Å². The number of piperidine rings is 1. The molecule has 1 saturated heterocycles. The van der Waals surface area contributed by atoms with Gasteiger partial charge in [0.15, 0.2) is 17.3 Å². The number of hydrogen-bond donors (Lipinski definition) is 1. The summed E-state index contributed by atoms with van der Waals surface area (Å²) in [6.45, 7) is 2.32. The smallest absolute Gasteiger partial charge is 0.364 e. The maximum absolute atomic E-state index is 13.5. The molecule has 12 heteroatoms. The molecule has 3 atom stereocenters. The number of carbonyl (C=O) groups is 1. The predicted octanol–water partition coefficient (Wildman–Crippen LogP) is 3.51. The van der Waals surface area contributed by atoms with Gasteiger partial charge in [-0.2, -0.15) is 13.2 Å². The summed E-state index contributed by atoms with van der Waals surface area (Å²) in [6, 6.07) is 3.01. The number of aromatic nitrogens is 5. The molecule has 1 N–H and O–H groups in total. The Morgan fingerprint density at radius 1 is 1.06 bits per heavy atom. The highest BCUT2D eigenvalue weighted by molar-refractivity contribution is 5.99. The van der Waals surface area contributed by atoms with Crippen molar-refractivity contribution in [3.63, 3.8) is 0 Å².